The highest BCUT2D eigenvalue weighted by Gasteiger charge is 2.07. The van der Waals surface area contributed by atoms with Gasteiger partial charge in [0, 0.05) is 0 Å². The van der Waals surface area contributed by atoms with Gasteiger partial charge in [-0.25, -0.2) is 0 Å². The van der Waals surface area contributed by atoms with E-state index in [1.807, 2.05) is 0 Å². The van der Waals surface area contributed by atoms with Crippen LogP contribution in [0.1, 0.15) is 9.67 Å². The molecule has 0 aliphatic rings. The van der Waals surface area contributed by atoms with Crippen molar-refractivity contribution in [3.05, 3.63) is 11.1 Å². The molecule has 12 heavy (non-hydrogen) atoms. The maximum atomic E-state index is 11.0. The van der Waals surface area contributed by atoms with Crippen molar-refractivity contribution in [2.75, 3.05) is 6.54 Å². The van der Waals surface area contributed by atoms with E-state index in [1.165, 1.54) is 6.20 Å². The highest BCUT2D eigenvalue weighted by Crippen LogP contribution is 1.99. The largest absolute Gasteiger partial charge is 0.368 e. The summed E-state index contributed by atoms with van der Waals surface area (Å²) in [5.41, 5.74) is 4.81. The molecule has 7 heteroatoms. The van der Waals surface area contributed by atoms with Crippen molar-refractivity contribution >= 4 is 23.3 Å². The van der Waals surface area contributed by atoms with Gasteiger partial charge in [-0.15, -0.1) is 5.10 Å². The molecule has 0 atom stereocenters. The predicted molar refractivity (Wildman–Crippen MR) is 41.4 cm³/mol. The molecule has 0 unspecified atom stereocenters. The van der Waals surface area contributed by atoms with Crippen molar-refractivity contribution in [3.8, 4) is 0 Å². The van der Waals surface area contributed by atoms with Gasteiger partial charge in [-0.3, -0.25) is 9.59 Å². The van der Waals surface area contributed by atoms with Crippen LogP contribution in [-0.4, -0.2) is 27.9 Å². The van der Waals surface area contributed by atoms with Crippen molar-refractivity contribution in [1.82, 2.24) is 14.9 Å². The fraction of sp³-hybridized carbons (Fsp3) is 0.200. The normalized spacial score (nSPS) is 9.33. The van der Waals surface area contributed by atoms with Crippen LogP contribution in [-0.2, 0) is 4.79 Å². The van der Waals surface area contributed by atoms with Gasteiger partial charge in [0.1, 0.15) is 4.88 Å². The van der Waals surface area contributed by atoms with Gasteiger partial charge in [-0.05, 0) is 11.5 Å². The SMILES string of the molecule is NC(=O)CNC(=O)c1cnns1. The lowest BCUT2D eigenvalue weighted by atomic mass is 10.5. The second-order valence-electron chi connectivity index (χ2n) is 1.93. The molecule has 1 rings (SSSR count). The minimum atomic E-state index is -0.583. The van der Waals surface area contributed by atoms with Crippen molar-refractivity contribution in [2.24, 2.45) is 5.73 Å². The van der Waals surface area contributed by atoms with Crippen molar-refractivity contribution < 1.29 is 9.59 Å². The molecule has 0 aliphatic carbocycles. The summed E-state index contributed by atoms with van der Waals surface area (Å²) in [5, 5.41) is 5.76. The van der Waals surface area contributed by atoms with Crippen LogP contribution in [0.5, 0.6) is 0 Å². The molecule has 1 aromatic rings. The Morgan fingerprint density at radius 3 is 2.92 bits per heavy atom. The summed E-state index contributed by atoms with van der Waals surface area (Å²) in [5.74, 6) is -0.968. The number of carbonyl (C=O) groups is 2. The molecule has 0 saturated carbocycles. The molecule has 0 bridgehead atoms. The topological polar surface area (TPSA) is 98.0 Å². The van der Waals surface area contributed by atoms with E-state index in [0.29, 0.717) is 4.88 Å². The number of nitrogens with one attached hydrogen (secondary N) is 1. The van der Waals surface area contributed by atoms with Crippen LogP contribution in [0.15, 0.2) is 6.20 Å². The van der Waals surface area contributed by atoms with E-state index in [-0.39, 0.29) is 12.5 Å². The second kappa shape index (κ2) is 3.77. The molecule has 0 saturated heterocycles. The van der Waals surface area contributed by atoms with Crippen LogP contribution in [0, 0.1) is 0 Å². The van der Waals surface area contributed by atoms with E-state index in [1.54, 1.807) is 0 Å². The molecule has 0 radical (unpaired) electrons. The summed E-state index contributed by atoms with van der Waals surface area (Å²) >= 11 is 0.957. The van der Waals surface area contributed by atoms with Gasteiger partial charge in [0.15, 0.2) is 0 Å². The summed E-state index contributed by atoms with van der Waals surface area (Å²) in [6, 6.07) is 0. The fourth-order valence-corrected chi connectivity index (χ4v) is 0.953. The molecule has 0 aliphatic heterocycles. The number of carbonyl (C=O) groups excluding carboxylic acids is 2. The van der Waals surface area contributed by atoms with Crippen LogP contribution in [0.2, 0.25) is 0 Å². The predicted octanol–water partition coefficient (Wildman–Crippen LogP) is -1.25. The monoisotopic (exact) mass is 186 g/mol. The van der Waals surface area contributed by atoms with E-state index in [0.717, 1.165) is 11.5 Å². The molecular weight excluding hydrogens is 180 g/mol. The highest BCUT2D eigenvalue weighted by atomic mass is 32.1. The number of nitrogens with two attached hydrogens (primary N) is 1. The van der Waals surface area contributed by atoms with Gasteiger partial charge in [-0.2, -0.15) is 0 Å². The molecule has 64 valence electrons. The molecule has 6 nitrogen and oxygen atoms in total. The number of nitrogens with zero attached hydrogens (tertiary/aromatic N) is 2. The number of hydrogen-bond donors (Lipinski definition) is 2. The first kappa shape index (κ1) is 8.60. The van der Waals surface area contributed by atoms with E-state index < -0.39 is 5.91 Å². The molecule has 1 aromatic heterocycles. The third-order valence-electron chi connectivity index (χ3n) is 1.01. The van der Waals surface area contributed by atoms with E-state index in [9.17, 15) is 9.59 Å². The van der Waals surface area contributed by atoms with Crippen LogP contribution in [0.25, 0.3) is 0 Å². The average molecular weight is 186 g/mol. The first-order valence-corrected chi connectivity index (χ1v) is 3.81. The molecule has 1 heterocycles. The van der Waals surface area contributed by atoms with Gasteiger partial charge in [-0.1, -0.05) is 4.49 Å². The standard InChI is InChI=1S/C5H6N4O2S/c6-4(10)2-7-5(11)3-1-8-9-12-3/h1H,2H2,(H2,6,10)(H,7,11). The van der Waals surface area contributed by atoms with E-state index >= 15 is 0 Å². The number of aromatic nitrogens is 2. The zero-order chi connectivity index (χ0) is 8.97. The molecule has 3 N–H and O–H groups in total. The Balaban J connectivity index is 2.45. The third-order valence-corrected chi connectivity index (χ3v) is 1.67. The van der Waals surface area contributed by atoms with Gasteiger partial charge in [0.2, 0.25) is 5.91 Å². The van der Waals surface area contributed by atoms with Crippen LogP contribution in [0.4, 0.5) is 0 Å². The minimum Gasteiger partial charge on any atom is -0.368 e. The Morgan fingerprint density at radius 2 is 2.42 bits per heavy atom. The number of rotatable bonds is 3. The van der Waals surface area contributed by atoms with Gasteiger partial charge < -0.3 is 11.1 Å². The molecule has 0 fully saturated rings. The summed E-state index contributed by atoms with van der Waals surface area (Å²) in [6.07, 6.45) is 1.32. The highest BCUT2D eigenvalue weighted by molar-refractivity contribution is 7.07. The summed E-state index contributed by atoms with van der Waals surface area (Å²) < 4.78 is 3.49. The quantitative estimate of drug-likeness (QED) is 0.616. The van der Waals surface area contributed by atoms with E-state index in [4.69, 9.17) is 5.73 Å². The molecular formula is C5H6N4O2S. The second-order valence-corrected chi connectivity index (χ2v) is 2.72. The Bertz CT molecular complexity index is 284. The third kappa shape index (κ3) is 2.27. The summed E-state index contributed by atoms with van der Waals surface area (Å²) in [7, 11) is 0. The smallest absolute Gasteiger partial charge is 0.265 e. The number of hydrogen-bond acceptors (Lipinski definition) is 5. The van der Waals surface area contributed by atoms with Crippen LogP contribution in [0.3, 0.4) is 0 Å². The Hall–Kier alpha value is -1.50. The van der Waals surface area contributed by atoms with Crippen molar-refractivity contribution in [3.63, 3.8) is 0 Å². The first-order chi connectivity index (χ1) is 5.70. The summed E-state index contributed by atoms with van der Waals surface area (Å²) in [6.45, 7) is -0.170. The van der Waals surface area contributed by atoms with Gasteiger partial charge >= 0.3 is 0 Å². The minimum absolute atomic E-state index is 0.170. The Labute approximate surface area is 71.9 Å². The van der Waals surface area contributed by atoms with Crippen LogP contribution < -0.4 is 11.1 Å². The molecule has 0 aromatic carbocycles. The van der Waals surface area contributed by atoms with E-state index in [2.05, 4.69) is 14.9 Å². The van der Waals surface area contributed by atoms with Gasteiger partial charge in [0.05, 0.1) is 12.7 Å². The first-order valence-electron chi connectivity index (χ1n) is 3.04. The Kier molecular flexibility index (Phi) is 2.70. The van der Waals surface area contributed by atoms with Crippen LogP contribution >= 0.6 is 11.5 Å². The van der Waals surface area contributed by atoms with Crippen molar-refractivity contribution in [2.45, 2.75) is 0 Å². The lowest BCUT2D eigenvalue weighted by molar-refractivity contribution is -0.117. The Morgan fingerprint density at radius 1 is 1.67 bits per heavy atom. The number of amides is 2. The zero-order valence-corrected chi connectivity index (χ0v) is 6.80. The molecule has 0 spiro atoms. The van der Waals surface area contributed by atoms with Gasteiger partial charge in [0.25, 0.3) is 5.91 Å². The average Bonchev–Trinajstić information content (AvgIpc) is 2.51. The van der Waals surface area contributed by atoms with Crippen molar-refractivity contribution in [1.29, 1.82) is 0 Å². The maximum absolute atomic E-state index is 11.0. The fourth-order valence-electron chi connectivity index (χ4n) is 0.522. The number of primary amides is 1. The lowest BCUT2D eigenvalue weighted by Crippen LogP contribution is -2.32. The summed E-state index contributed by atoms with van der Waals surface area (Å²) in [4.78, 5) is 21.6. The molecule has 2 amide bonds. The zero-order valence-electron chi connectivity index (χ0n) is 5.98. The lowest BCUT2D eigenvalue weighted by Gasteiger charge is -1.96. The maximum Gasteiger partial charge on any atom is 0.265 e.